The van der Waals surface area contributed by atoms with E-state index in [9.17, 15) is 4.79 Å². The fourth-order valence-corrected chi connectivity index (χ4v) is 2.04. The zero-order valence-corrected chi connectivity index (χ0v) is 12.2. The predicted octanol–water partition coefficient (Wildman–Crippen LogP) is 3.21. The van der Waals surface area contributed by atoms with Crippen molar-refractivity contribution in [2.75, 3.05) is 5.32 Å². The molecule has 0 aliphatic rings. The van der Waals surface area contributed by atoms with Crippen molar-refractivity contribution in [2.45, 2.75) is 53.4 Å². The lowest BCUT2D eigenvalue weighted by Gasteiger charge is -2.16. The molecule has 0 saturated carbocycles. The van der Waals surface area contributed by atoms with Crippen LogP contribution in [0.5, 0.6) is 0 Å². The number of anilines is 1. The molecule has 5 heteroatoms. The van der Waals surface area contributed by atoms with E-state index < -0.39 is 0 Å². The molecule has 1 heterocycles. The molecule has 1 aromatic rings. The van der Waals surface area contributed by atoms with Crippen LogP contribution in [0, 0.1) is 5.41 Å². The second-order valence-corrected chi connectivity index (χ2v) is 7.43. The van der Waals surface area contributed by atoms with Gasteiger partial charge in [0.15, 0.2) is 0 Å². The van der Waals surface area contributed by atoms with Crippen LogP contribution in [0.15, 0.2) is 0 Å². The van der Waals surface area contributed by atoms with Crippen molar-refractivity contribution in [3.63, 3.8) is 0 Å². The Morgan fingerprint density at radius 3 is 2.18 bits per heavy atom. The lowest BCUT2D eigenvalue weighted by molar-refractivity contribution is -0.117. The molecule has 17 heavy (non-hydrogen) atoms. The molecular weight excluding hydrogens is 234 g/mol. The fraction of sp³-hybridized carbons (Fsp3) is 0.750. The summed E-state index contributed by atoms with van der Waals surface area (Å²) in [6, 6.07) is 0. The van der Waals surface area contributed by atoms with Crippen molar-refractivity contribution < 1.29 is 4.79 Å². The lowest BCUT2D eigenvalue weighted by atomic mass is 9.92. The monoisotopic (exact) mass is 255 g/mol. The Balaban J connectivity index is 2.65. The molecule has 96 valence electrons. The van der Waals surface area contributed by atoms with Crippen LogP contribution in [-0.2, 0) is 10.2 Å². The zero-order chi connectivity index (χ0) is 13.3. The quantitative estimate of drug-likeness (QED) is 0.882. The molecule has 0 aliphatic carbocycles. The molecule has 0 aromatic carbocycles. The molecule has 1 rings (SSSR count). The molecule has 0 unspecified atom stereocenters. The van der Waals surface area contributed by atoms with Gasteiger partial charge in [0.05, 0.1) is 0 Å². The number of nitrogens with one attached hydrogen (secondary N) is 1. The molecular formula is C12H21N3OS. The smallest absolute Gasteiger partial charge is 0.226 e. The van der Waals surface area contributed by atoms with Gasteiger partial charge in [0.25, 0.3) is 0 Å². The van der Waals surface area contributed by atoms with Gasteiger partial charge in [-0.2, -0.15) is 0 Å². The first-order valence-corrected chi connectivity index (χ1v) is 6.53. The highest BCUT2D eigenvalue weighted by Crippen LogP contribution is 2.28. The second kappa shape index (κ2) is 4.72. The van der Waals surface area contributed by atoms with Crippen molar-refractivity contribution >= 4 is 22.4 Å². The summed E-state index contributed by atoms with van der Waals surface area (Å²) in [6.45, 7) is 12.3. The van der Waals surface area contributed by atoms with Crippen molar-refractivity contribution in [3.8, 4) is 0 Å². The average molecular weight is 255 g/mol. The average Bonchev–Trinajstić information content (AvgIpc) is 2.47. The Hall–Kier alpha value is -0.970. The van der Waals surface area contributed by atoms with E-state index in [0.29, 0.717) is 11.6 Å². The Bertz CT molecular complexity index is 399. The summed E-state index contributed by atoms with van der Waals surface area (Å²) in [5, 5.41) is 12.4. The van der Waals surface area contributed by atoms with E-state index in [1.807, 2.05) is 20.8 Å². The van der Waals surface area contributed by atoms with Crippen molar-refractivity contribution in [2.24, 2.45) is 5.41 Å². The van der Waals surface area contributed by atoms with Crippen LogP contribution in [0.1, 0.15) is 53.0 Å². The summed E-state index contributed by atoms with van der Waals surface area (Å²) in [4.78, 5) is 11.7. The Kier molecular flexibility index (Phi) is 3.91. The summed E-state index contributed by atoms with van der Waals surface area (Å²) < 4.78 is 0. The van der Waals surface area contributed by atoms with Crippen LogP contribution in [0.25, 0.3) is 0 Å². The van der Waals surface area contributed by atoms with Crippen LogP contribution in [0.3, 0.4) is 0 Å². The number of rotatable bonds is 2. The lowest BCUT2D eigenvalue weighted by Crippen LogP contribution is -2.19. The van der Waals surface area contributed by atoms with Gasteiger partial charge in [0, 0.05) is 11.8 Å². The van der Waals surface area contributed by atoms with Gasteiger partial charge in [0.2, 0.25) is 11.0 Å². The third-order valence-electron chi connectivity index (χ3n) is 2.00. The maximum absolute atomic E-state index is 11.7. The predicted molar refractivity (Wildman–Crippen MR) is 71.3 cm³/mol. The highest BCUT2D eigenvalue weighted by atomic mass is 32.1. The summed E-state index contributed by atoms with van der Waals surface area (Å²) in [5.74, 6) is -0.00545. The number of nitrogens with zero attached hydrogens (tertiary/aromatic N) is 2. The molecule has 1 amide bonds. The van der Waals surface area contributed by atoms with Crippen LogP contribution < -0.4 is 5.32 Å². The number of carbonyl (C=O) groups excluding carboxylic acids is 1. The van der Waals surface area contributed by atoms with Gasteiger partial charge in [0.1, 0.15) is 5.01 Å². The summed E-state index contributed by atoms with van der Waals surface area (Å²) in [7, 11) is 0. The molecule has 0 aliphatic heterocycles. The first-order chi connectivity index (χ1) is 7.58. The molecule has 0 radical (unpaired) electrons. The normalized spacial score (nSPS) is 12.6. The standard InChI is InChI=1S/C12H21N3OS/c1-11(2,3)7-8(16)13-10-15-14-9(17-10)12(4,5)6/h7H2,1-6H3,(H,13,15,16). The molecule has 0 fully saturated rings. The minimum Gasteiger partial charge on any atom is -0.301 e. The van der Waals surface area contributed by atoms with Crippen molar-refractivity contribution in [1.29, 1.82) is 0 Å². The maximum Gasteiger partial charge on any atom is 0.226 e. The molecule has 4 nitrogen and oxygen atoms in total. The van der Waals surface area contributed by atoms with Crippen molar-refractivity contribution in [3.05, 3.63) is 5.01 Å². The first-order valence-electron chi connectivity index (χ1n) is 5.72. The number of hydrogen-bond acceptors (Lipinski definition) is 4. The highest BCUT2D eigenvalue weighted by molar-refractivity contribution is 7.15. The van der Waals surface area contributed by atoms with E-state index in [2.05, 4.69) is 36.3 Å². The molecule has 0 atom stereocenters. The van der Waals surface area contributed by atoms with Crippen molar-refractivity contribution in [1.82, 2.24) is 10.2 Å². The van der Waals surface area contributed by atoms with Gasteiger partial charge in [-0.25, -0.2) is 0 Å². The van der Waals surface area contributed by atoms with E-state index in [4.69, 9.17) is 0 Å². The Morgan fingerprint density at radius 1 is 1.18 bits per heavy atom. The van der Waals surface area contributed by atoms with Gasteiger partial charge in [-0.3, -0.25) is 4.79 Å². The molecule has 0 spiro atoms. The minimum atomic E-state index is -0.0231. The fourth-order valence-electron chi connectivity index (χ4n) is 1.22. The number of amides is 1. The van der Waals surface area contributed by atoms with Gasteiger partial charge < -0.3 is 5.32 Å². The van der Waals surface area contributed by atoms with Gasteiger partial charge >= 0.3 is 0 Å². The van der Waals surface area contributed by atoms with E-state index in [1.165, 1.54) is 11.3 Å². The molecule has 1 aromatic heterocycles. The topological polar surface area (TPSA) is 54.9 Å². The molecule has 0 saturated heterocycles. The maximum atomic E-state index is 11.7. The van der Waals surface area contributed by atoms with Gasteiger partial charge in [-0.05, 0) is 5.41 Å². The van der Waals surface area contributed by atoms with E-state index in [1.54, 1.807) is 0 Å². The Morgan fingerprint density at radius 2 is 1.76 bits per heavy atom. The van der Waals surface area contributed by atoms with Crippen LogP contribution in [-0.4, -0.2) is 16.1 Å². The van der Waals surface area contributed by atoms with E-state index >= 15 is 0 Å². The van der Waals surface area contributed by atoms with E-state index in [0.717, 1.165) is 5.01 Å². The summed E-state index contributed by atoms with van der Waals surface area (Å²) in [5.41, 5.74) is -0.0354. The number of aromatic nitrogens is 2. The SMILES string of the molecule is CC(C)(C)CC(=O)Nc1nnc(C(C)(C)C)s1. The highest BCUT2D eigenvalue weighted by Gasteiger charge is 2.21. The largest absolute Gasteiger partial charge is 0.301 e. The second-order valence-electron chi connectivity index (χ2n) is 6.45. The molecule has 0 bridgehead atoms. The van der Waals surface area contributed by atoms with Crippen LogP contribution in [0.4, 0.5) is 5.13 Å². The Labute approximate surface area is 107 Å². The molecule has 1 N–H and O–H groups in total. The minimum absolute atomic E-state index is 0.00545. The third-order valence-corrected chi connectivity index (χ3v) is 3.27. The third kappa shape index (κ3) is 4.81. The van der Waals surface area contributed by atoms with Crippen LogP contribution in [0.2, 0.25) is 0 Å². The van der Waals surface area contributed by atoms with Crippen LogP contribution >= 0.6 is 11.3 Å². The first kappa shape index (κ1) is 14.1. The van der Waals surface area contributed by atoms with E-state index in [-0.39, 0.29) is 16.7 Å². The number of hydrogen-bond donors (Lipinski definition) is 1. The number of carbonyl (C=O) groups is 1. The summed E-state index contributed by atoms with van der Waals surface area (Å²) in [6.07, 6.45) is 0.484. The zero-order valence-electron chi connectivity index (χ0n) is 11.4. The summed E-state index contributed by atoms with van der Waals surface area (Å²) >= 11 is 1.44. The van der Waals surface area contributed by atoms with Gasteiger partial charge in [-0.15, -0.1) is 10.2 Å². The van der Waals surface area contributed by atoms with Gasteiger partial charge in [-0.1, -0.05) is 52.9 Å².